The normalized spacial score (nSPS) is 16.4. The van der Waals surface area contributed by atoms with Crippen LogP contribution in [0.25, 0.3) is 11.5 Å². The van der Waals surface area contributed by atoms with Crippen LogP contribution >= 0.6 is 0 Å². The van der Waals surface area contributed by atoms with Crippen molar-refractivity contribution >= 4 is 10.2 Å². The van der Waals surface area contributed by atoms with Crippen molar-refractivity contribution in [3.63, 3.8) is 0 Å². The van der Waals surface area contributed by atoms with Crippen LogP contribution in [0, 0.1) is 0 Å². The van der Waals surface area contributed by atoms with Crippen LogP contribution in [0.5, 0.6) is 0 Å². The molecule has 2 aromatic rings. The average Bonchev–Trinajstić information content (AvgIpc) is 3.18. The van der Waals surface area contributed by atoms with Crippen molar-refractivity contribution < 1.29 is 12.8 Å². The zero-order valence-corrected chi connectivity index (χ0v) is 12.3. The van der Waals surface area contributed by atoms with E-state index in [-0.39, 0.29) is 6.54 Å². The Bertz CT molecular complexity index is 692. The highest BCUT2D eigenvalue weighted by atomic mass is 32.2. The molecular formula is C14H17N3O3S. The topological polar surface area (TPSA) is 75.4 Å². The van der Waals surface area contributed by atoms with Gasteiger partial charge in [0.05, 0.1) is 6.26 Å². The number of hydrogen-bond donors (Lipinski definition) is 1. The standard InChI is InChI=1S/C14H17N3O3S/c18-21(19,17-8-1-2-9-17)16-11-12-5-3-7-15-14(12)13-6-4-10-20-13/h3-7,10,16H,1-2,8-9,11H2. The molecule has 0 bridgehead atoms. The molecule has 0 radical (unpaired) electrons. The van der Waals surface area contributed by atoms with Crippen LogP contribution in [-0.2, 0) is 16.8 Å². The van der Waals surface area contributed by atoms with E-state index < -0.39 is 10.2 Å². The fourth-order valence-electron chi connectivity index (χ4n) is 2.41. The van der Waals surface area contributed by atoms with Gasteiger partial charge in [-0.1, -0.05) is 6.07 Å². The van der Waals surface area contributed by atoms with Crippen molar-refractivity contribution in [2.75, 3.05) is 13.1 Å². The lowest BCUT2D eigenvalue weighted by molar-refractivity contribution is 0.464. The lowest BCUT2D eigenvalue weighted by Crippen LogP contribution is -2.38. The Morgan fingerprint density at radius 1 is 1.24 bits per heavy atom. The van der Waals surface area contributed by atoms with E-state index in [1.165, 1.54) is 4.31 Å². The van der Waals surface area contributed by atoms with Crippen LogP contribution < -0.4 is 4.72 Å². The highest BCUT2D eigenvalue weighted by molar-refractivity contribution is 7.87. The Morgan fingerprint density at radius 3 is 2.76 bits per heavy atom. The number of rotatable bonds is 5. The SMILES string of the molecule is O=S(=O)(NCc1cccnc1-c1ccco1)N1CCCC1. The van der Waals surface area contributed by atoms with Crippen LogP contribution in [0.15, 0.2) is 41.1 Å². The molecule has 2 aromatic heterocycles. The van der Waals surface area contributed by atoms with Crippen molar-refractivity contribution in [1.29, 1.82) is 0 Å². The molecule has 0 unspecified atom stereocenters. The van der Waals surface area contributed by atoms with Crippen molar-refractivity contribution in [3.8, 4) is 11.5 Å². The molecule has 0 aliphatic carbocycles. The van der Waals surface area contributed by atoms with Gasteiger partial charge >= 0.3 is 0 Å². The van der Waals surface area contributed by atoms with E-state index in [1.807, 2.05) is 6.07 Å². The van der Waals surface area contributed by atoms with Gasteiger partial charge in [-0.15, -0.1) is 0 Å². The Morgan fingerprint density at radius 2 is 2.05 bits per heavy atom. The second kappa shape index (κ2) is 5.97. The molecule has 3 heterocycles. The van der Waals surface area contributed by atoms with Crippen molar-refractivity contribution in [3.05, 3.63) is 42.3 Å². The Balaban J connectivity index is 1.77. The van der Waals surface area contributed by atoms with Crippen molar-refractivity contribution in [2.45, 2.75) is 19.4 Å². The van der Waals surface area contributed by atoms with E-state index in [4.69, 9.17) is 4.42 Å². The number of nitrogens with one attached hydrogen (secondary N) is 1. The fourth-order valence-corrected chi connectivity index (χ4v) is 3.66. The monoisotopic (exact) mass is 307 g/mol. The summed E-state index contributed by atoms with van der Waals surface area (Å²) in [4.78, 5) is 4.28. The molecule has 3 rings (SSSR count). The molecule has 7 heteroatoms. The molecule has 1 aliphatic rings. The van der Waals surface area contributed by atoms with Gasteiger partial charge in [-0.3, -0.25) is 4.98 Å². The number of nitrogens with zero attached hydrogens (tertiary/aromatic N) is 2. The number of furan rings is 1. The lowest BCUT2D eigenvalue weighted by Gasteiger charge is -2.16. The minimum absolute atomic E-state index is 0.197. The van der Waals surface area contributed by atoms with E-state index in [2.05, 4.69) is 9.71 Å². The highest BCUT2D eigenvalue weighted by Gasteiger charge is 2.25. The molecule has 112 valence electrons. The number of hydrogen-bond acceptors (Lipinski definition) is 4. The average molecular weight is 307 g/mol. The van der Waals surface area contributed by atoms with Crippen LogP contribution in [0.1, 0.15) is 18.4 Å². The maximum absolute atomic E-state index is 12.2. The smallest absolute Gasteiger partial charge is 0.279 e. The molecule has 1 aliphatic heterocycles. The number of aromatic nitrogens is 1. The summed E-state index contributed by atoms with van der Waals surface area (Å²) in [7, 11) is -3.42. The van der Waals surface area contributed by atoms with Gasteiger partial charge in [0, 0.05) is 25.8 Å². The first-order valence-electron chi connectivity index (χ1n) is 6.89. The summed E-state index contributed by atoms with van der Waals surface area (Å²) in [5, 5.41) is 0. The summed E-state index contributed by atoms with van der Waals surface area (Å²) < 4.78 is 33.8. The van der Waals surface area contributed by atoms with Gasteiger partial charge in [-0.05, 0) is 36.6 Å². The van der Waals surface area contributed by atoms with Gasteiger partial charge in [-0.2, -0.15) is 17.4 Å². The maximum atomic E-state index is 12.2. The molecule has 0 amide bonds. The molecule has 21 heavy (non-hydrogen) atoms. The Kier molecular flexibility index (Phi) is 4.05. The molecule has 0 aromatic carbocycles. The predicted molar refractivity (Wildman–Crippen MR) is 78.5 cm³/mol. The summed E-state index contributed by atoms with van der Waals surface area (Å²) in [6, 6.07) is 7.21. The molecule has 1 N–H and O–H groups in total. The van der Waals surface area contributed by atoms with Gasteiger partial charge < -0.3 is 4.42 Å². The van der Waals surface area contributed by atoms with Crippen molar-refractivity contribution in [1.82, 2.24) is 14.0 Å². The summed E-state index contributed by atoms with van der Waals surface area (Å²) >= 11 is 0. The van der Waals surface area contributed by atoms with E-state index >= 15 is 0 Å². The van der Waals surface area contributed by atoms with Crippen LogP contribution in [-0.4, -0.2) is 30.8 Å². The summed E-state index contributed by atoms with van der Waals surface area (Å²) in [5.41, 5.74) is 1.45. The zero-order chi connectivity index (χ0) is 14.7. The molecule has 1 fully saturated rings. The third-order valence-corrected chi connectivity index (χ3v) is 5.05. The Labute approximate surface area is 124 Å². The number of pyridine rings is 1. The summed E-state index contributed by atoms with van der Waals surface area (Å²) in [6.07, 6.45) is 5.08. The van der Waals surface area contributed by atoms with Crippen molar-refractivity contribution in [2.24, 2.45) is 0 Å². The van der Waals surface area contributed by atoms with E-state index in [9.17, 15) is 8.42 Å². The first-order valence-corrected chi connectivity index (χ1v) is 8.33. The van der Waals surface area contributed by atoms with Crippen LogP contribution in [0.3, 0.4) is 0 Å². The third kappa shape index (κ3) is 3.15. The first-order chi connectivity index (χ1) is 10.2. The van der Waals surface area contributed by atoms with E-state index in [0.717, 1.165) is 18.4 Å². The van der Waals surface area contributed by atoms with Crippen LogP contribution in [0.4, 0.5) is 0 Å². The van der Waals surface area contributed by atoms with Gasteiger partial charge in [0.15, 0.2) is 5.76 Å². The van der Waals surface area contributed by atoms with Gasteiger partial charge in [0.1, 0.15) is 5.69 Å². The molecule has 1 saturated heterocycles. The third-order valence-electron chi connectivity index (χ3n) is 3.50. The zero-order valence-electron chi connectivity index (χ0n) is 11.5. The summed E-state index contributed by atoms with van der Waals surface area (Å²) in [6.45, 7) is 1.38. The quantitative estimate of drug-likeness (QED) is 0.913. The minimum Gasteiger partial charge on any atom is -0.463 e. The molecule has 0 spiro atoms. The van der Waals surface area contributed by atoms with E-state index in [1.54, 1.807) is 30.7 Å². The van der Waals surface area contributed by atoms with Crippen LogP contribution in [0.2, 0.25) is 0 Å². The van der Waals surface area contributed by atoms with Gasteiger partial charge in [0.2, 0.25) is 0 Å². The molecular weight excluding hydrogens is 290 g/mol. The second-order valence-corrected chi connectivity index (χ2v) is 6.68. The van der Waals surface area contributed by atoms with E-state index in [0.29, 0.717) is 24.5 Å². The fraction of sp³-hybridized carbons (Fsp3) is 0.357. The van der Waals surface area contributed by atoms with Gasteiger partial charge in [-0.25, -0.2) is 0 Å². The summed E-state index contributed by atoms with van der Waals surface area (Å²) in [5.74, 6) is 0.631. The second-order valence-electron chi connectivity index (χ2n) is 4.92. The molecule has 6 nitrogen and oxygen atoms in total. The Hall–Kier alpha value is -1.70. The minimum atomic E-state index is -3.42. The lowest BCUT2D eigenvalue weighted by atomic mass is 10.1. The molecule has 0 saturated carbocycles. The van der Waals surface area contributed by atoms with Gasteiger partial charge in [0.25, 0.3) is 10.2 Å². The predicted octanol–water partition coefficient (Wildman–Crippen LogP) is 1.77. The largest absolute Gasteiger partial charge is 0.463 e. The highest BCUT2D eigenvalue weighted by Crippen LogP contribution is 2.21. The maximum Gasteiger partial charge on any atom is 0.279 e. The molecule has 0 atom stereocenters. The first kappa shape index (κ1) is 14.2.